The van der Waals surface area contributed by atoms with Gasteiger partial charge in [0.25, 0.3) is 5.91 Å². The number of rotatable bonds is 8. The molecule has 1 aliphatic rings. The Bertz CT molecular complexity index is 1170. The van der Waals surface area contributed by atoms with Crippen molar-refractivity contribution in [2.75, 3.05) is 18.1 Å². The van der Waals surface area contributed by atoms with Gasteiger partial charge >= 0.3 is 0 Å². The lowest BCUT2D eigenvalue weighted by Gasteiger charge is -2.27. The first-order chi connectivity index (χ1) is 15.5. The summed E-state index contributed by atoms with van der Waals surface area (Å²) in [5.41, 5.74) is 1.23. The highest BCUT2D eigenvalue weighted by Crippen LogP contribution is 2.43. The monoisotopic (exact) mass is 449 g/mol. The summed E-state index contributed by atoms with van der Waals surface area (Å²) >= 11 is 1.27. The van der Waals surface area contributed by atoms with Gasteiger partial charge in [-0.05, 0) is 55.1 Å². The van der Waals surface area contributed by atoms with Crippen LogP contribution in [0, 0.1) is 0 Å². The number of nitrogens with zero attached hydrogens (tertiary/aromatic N) is 1. The van der Waals surface area contributed by atoms with Gasteiger partial charge in [0.1, 0.15) is 11.5 Å². The van der Waals surface area contributed by atoms with Gasteiger partial charge in [-0.2, -0.15) is 0 Å². The number of aliphatic hydroxyl groups is 1. The average Bonchev–Trinajstić information content (AvgIpc) is 3.42. The summed E-state index contributed by atoms with van der Waals surface area (Å²) in [5, 5.41) is 12.6. The van der Waals surface area contributed by atoms with Crippen LogP contribution in [0.3, 0.4) is 0 Å². The zero-order valence-corrected chi connectivity index (χ0v) is 18.6. The number of aliphatic hydroxyl groups excluding tert-OH is 1. The summed E-state index contributed by atoms with van der Waals surface area (Å²) < 4.78 is 11.2. The molecule has 0 saturated carbocycles. The standard InChI is InChI=1S/C25H23NO5S/c1-3-30-18-10-5-8-16(14-18)22-21(23(27)20-12-7-13-32-20)24(28)25(29)26(22)17-9-6-11-19(15-17)31-4-2/h5-15,22,28H,3-4H2,1-2H3. The van der Waals surface area contributed by atoms with E-state index in [2.05, 4.69) is 0 Å². The van der Waals surface area contributed by atoms with E-state index in [1.165, 1.54) is 16.2 Å². The first kappa shape index (κ1) is 21.6. The highest BCUT2D eigenvalue weighted by Gasteiger charge is 2.45. The number of Topliss-reactive ketones (excluding diaryl/α,β-unsaturated/α-hetero) is 1. The normalized spacial score (nSPS) is 15.9. The highest BCUT2D eigenvalue weighted by molar-refractivity contribution is 7.12. The van der Waals surface area contributed by atoms with E-state index in [1.807, 2.05) is 32.0 Å². The smallest absolute Gasteiger partial charge is 0.294 e. The van der Waals surface area contributed by atoms with Crippen LogP contribution in [-0.4, -0.2) is 30.0 Å². The molecule has 0 radical (unpaired) electrons. The fourth-order valence-corrected chi connectivity index (χ4v) is 4.47. The van der Waals surface area contributed by atoms with Crippen molar-refractivity contribution >= 4 is 28.7 Å². The molecule has 7 heteroatoms. The van der Waals surface area contributed by atoms with Gasteiger partial charge in [0, 0.05) is 11.8 Å². The van der Waals surface area contributed by atoms with Crippen LogP contribution in [0.4, 0.5) is 5.69 Å². The molecule has 1 aliphatic heterocycles. The minimum Gasteiger partial charge on any atom is -0.503 e. The van der Waals surface area contributed by atoms with E-state index in [1.54, 1.807) is 47.8 Å². The molecule has 1 atom stereocenters. The molecule has 0 spiro atoms. The van der Waals surface area contributed by atoms with E-state index in [9.17, 15) is 14.7 Å². The number of thiophene rings is 1. The molecule has 4 rings (SSSR count). The van der Waals surface area contributed by atoms with Crippen LogP contribution in [0.2, 0.25) is 0 Å². The zero-order chi connectivity index (χ0) is 22.7. The largest absolute Gasteiger partial charge is 0.503 e. The molecule has 0 saturated heterocycles. The minimum atomic E-state index is -0.811. The Morgan fingerprint density at radius 1 is 1.00 bits per heavy atom. The van der Waals surface area contributed by atoms with Crippen molar-refractivity contribution in [3.63, 3.8) is 0 Å². The summed E-state index contributed by atoms with van der Waals surface area (Å²) in [6.07, 6.45) is 0. The molecular weight excluding hydrogens is 426 g/mol. The first-order valence-corrected chi connectivity index (χ1v) is 11.2. The van der Waals surface area contributed by atoms with Crippen molar-refractivity contribution in [2.45, 2.75) is 19.9 Å². The molecule has 2 heterocycles. The number of anilines is 1. The van der Waals surface area contributed by atoms with E-state index >= 15 is 0 Å². The fraction of sp³-hybridized carbons (Fsp3) is 0.200. The number of hydrogen-bond donors (Lipinski definition) is 1. The lowest BCUT2D eigenvalue weighted by Crippen LogP contribution is -2.31. The van der Waals surface area contributed by atoms with E-state index in [0.29, 0.717) is 40.8 Å². The SMILES string of the molecule is CCOc1cccc(C2C(C(=O)c3cccs3)=C(O)C(=O)N2c2cccc(OCC)c2)c1. The molecule has 1 aromatic heterocycles. The van der Waals surface area contributed by atoms with Gasteiger partial charge < -0.3 is 14.6 Å². The Kier molecular flexibility index (Phi) is 6.28. The third-order valence-corrected chi connectivity index (χ3v) is 5.96. The number of ether oxygens (including phenoxy) is 2. The lowest BCUT2D eigenvalue weighted by molar-refractivity contribution is -0.117. The van der Waals surface area contributed by atoms with Crippen molar-refractivity contribution in [3.05, 3.63) is 87.8 Å². The van der Waals surface area contributed by atoms with Crippen LogP contribution >= 0.6 is 11.3 Å². The zero-order valence-electron chi connectivity index (χ0n) is 17.8. The number of hydrogen-bond acceptors (Lipinski definition) is 6. The lowest BCUT2D eigenvalue weighted by atomic mass is 9.95. The molecule has 0 bridgehead atoms. The van der Waals surface area contributed by atoms with Crippen LogP contribution in [0.5, 0.6) is 11.5 Å². The third-order valence-electron chi connectivity index (χ3n) is 5.09. The predicted molar refractivity (Wildman–Crippen MR) is 124 cm³/mol. The minimum absolute atomic E-state index is 0.0490. The number of amides is 1. The second-order valence-electron chi connectivity index (χ2n) is 7.08. The van der Waals surface area contributed by atoms with Crippen LogP contribution < -0.4 is 14.4 Å². The number of carbonyl (C=O) groups is 2. The number of carbonyl (C=O) groups excluding carboxylic acids is 2. The first-order valence-electron chi connectivity index (χ1n) is 10.4. The molecule has 164 valence electrons. The maximum atomic E-state index is 13.4. The molecule has 1 N–H and O–H groups in total. The van der Waals surface area contributed by atoms with Crippen molar-refractivity contribution in [2.24, 2.45) is 0 Å². The summed E-state index contributed by atoms with van der Waals surface area (Å²) in [6, 6.07) is 16.9. The summed E-state index contributed by atoms with van der Waals surface area (Å²) in [4.78, 5) is 28.5. The Balaban J connectivity index is 1.86. The summed E-state index contributed by atoms with van der Waals surface area (Å²) in [5.74, 6) is -0.338. The van der Waals surface area contributed by atoms with Gasteiger partial charge in [-0.15, -0.1) is 11.3 Å². The highest BCUT2D eigenvalue weighted by atomic mass is 32.1. The van der Waals surface area contributed by atoms with Crippen LogP contribution in [0.15, 0.2) is 77.4 Å². The second kappa shape index (κ2) is 9.28. The van der Waals surface area contributed by atoms with Gasteiger partial charge in [0.05, 0.1) is 29.7 Å². The van der Waals surface area contributed by atoms with Gasteiger partial charge in [-0.1, -0.05) is 24.3 Å². The molecule has 32 heavy (non-hydrogen) atoms. The Labute approximate surface area is 190 Å². The molecule has 2 aromatic carbocycles. The van der Waals surface area contributed by atoms with Crippen LogP contribution in [0.25, 0.3) is 0 Å². The quantitative estimate of drug-likeness (QED) is 0.471. The Morgan fingerprint density at radius 3 is 2.34 bits per heavy atom. The Morgan fingerprint density at radius 2 is 1.69 bits per heavy atom. The number of benzene rings is 2. The van der Waals surface area contributed by atoms with Gasteiger partial charge in [0.2, 0.25) is 5.78 Å². The molecule has 6 nitrogen and oxygen atoms in total. The Hall–Kier alpha value is -3.58. The summed E-state index contributed by atoms with van der Waals surface area (Å²) in [7, 11) is 0. The fourth-order valence-electron chi connectivity index (χ4n) is 3.79. The molecule has 3 aromatic rings. The molecule has 1 unspecified atom stereocenters. The van der Waals surface area contributed by atoms with E-state index in [0.717, 1.165) is 0 Å². The maximum absolute atomic E-state index is 13.4. The maximum Gasteiger partial charge on any atom is 0.294 e. The van der Waals surface area contributed by atoms with Crippen LogP contribution in [-0.2, 0) is 4.79 Å². The van der Waals surface area contributed by atoms with Crippen LogP contribution in [0.1, 0.15) is 35.1 Å². The molecule has 1 amide bonds. The van der Waals surface area contributed by atoms with Gasteiger partial charge in [-0.3, -0.25) is 14.5 Å². The molecule has 0 fully saturated rings. The van der Waals surface area contributed by atoms with Crippen molar-refractivity contribution in [1.29, 1.82) is 0 Å². The van der Waals surface area contributed by atoms with Gasteiger partial charge in [0.15, 0.2) is 5.76 Å². The van der Waals surface area contributed by atoms with Crippen molar-refractivity contribution in [3.8, 4) is 11.5 Å². The third kappa shape index (κ3) is 3.99. The summed E-state index contributed by atoms with van der Waals surface area (Å²) in [6.45, 7) is 4.72. The van der Waals surface area contributed by atoms with Gasteiger partial charge in [-0.25, -0.2) is 0 Å². The molecular formula is C25H23NO5S. The number of ketones is 1. The van der Waals surface area contributed by atoms with E-state index in [-0.39, 0.29) is 11.4 Å². The molecule has 0 aliphatic carbocycles. The van der Waals surface area contributed by atoms with Crippen molar-refractivity contribution in [1.82, 2.24) is 0 Å². The topological polar surface area (TPSA) is 76.1 Å². The van der Waals surface area contributed by atoms with E-state index in [4.69, 9.17) is 9.47 Å². The second-order valence-corrected chi connectivity index (χ2v) is 8.03. The van der Waals surface area contributed by atoms with Crippen molar-refractivity contribution < 1.29 is 24.2 Å². The van der Waals surface area contributed by atoms with E-state index < -0.39 is 17.7 Å². The predicted octanol–water partition coefficient (Wildman–Crippen LogP) is 5.33. The average molecular weight is 450 g/mol.